The molecule has 1 aliphatic rings. The number of morpholine rings is 1. The average molecular weight is 388 g/mol. The third-order valence-corrected chi connectivity index (χ3v) is 5.02. The molecule has 0 aliphatic carbocycles. The maximum Gasteiger partial charge on any atom is 0.163 e. The fourth-order valence-corrected chi connectivity index (χ4v) is 3.94. The van der Waals surface area contributed by atoms with Gasteiger partial charge in [-0.3, -0.25) is 0 Å². The number of anilines is 1. The molecule has 0 N–H and O–H groups in total. The van der Waals surface area contributed by atoms with Gasteiger partial charge < -0.3 is 9.64 Å². The number of hydrogen-bond acceptors (Lipinski definition) is 4. The van der Waals surface area contributed by atoms with Crippen molar-refractivity contribution >= 4 is 39.9 Å². The minimum Gasteiger partial charge on any atom is -0.372 e. The summed E-state index contributed by atoms with van der Waals surface area (Å²) in [6.07, 6.45) is 0.296. The van der Waals surface area contributed by atoms with Crippen LogP contribution < -0.4 is 4.90 Å². The molecule has 1 aromatic heterocycles. The van der Waals surface area contributed by atoms with Gasteiger partial charge in [-0.05, 0) is 44.2 Å². The van der Waals surface area contributed by atoms with E-state index in [-0.39, 0.29) is 12.2 Å². The van der Waals surface area contributed by atoms with E-state index in [1.165, 1.54) is 0 Å². The second kappa shape index (κ2) is 7.03. The van der Waals surface area contributed by atoms with E-state index in [1.807, 2.05) is 24.3 Å². The molecule has 2 heterocycles. The van der Waals surface area contributed by atoms with Gasteiger partial charge in [0, 0.05) is 29.1 Å². The number of ether oxygens (including phenoxy) is 1. The van der Waals surface area contributed by atoms with E-state index in [1.54, 1.807) is 12.1 Å². The predicted octanol–water partition coefficient (Wildman–Crippen LogP) is 5.22. The van der Waals surface area contributed by atoms with E-state index in [2.05, 4.69) is 24.8 Å². The standard InChI is InChI=1S/C20H19Cl2N3O/c1-12-10-25(11-13(2)26-12)20-16-5-3-4-6-18(16)23-19(24-20)15-8-7-14(21)9-17(15)22/h3-9,12-13H,10-11H2,1-2H3. The van der Waals surface area contributed by atoms with Crippen molar-refractivity contribution in [1.82, 2.24) is 9.97 Å². The summed E-state index contributed by atoms with van der Waals surface area (Å²) in [6.45, 7) is 5.75. The van der Waals surface area contributed by atoms with Gasteiger partial charge in [-0.1, -0.05) is 35.3 Å². The van der Waals surface area contributed by atoms with Gasteiger partial charge in [0.2, 0.25) is 0 Å². The van der Waals surface area contributed by atoms with E-state index >= 15 is 0 Å². The molecule has 1 saturated heterocycles. The lowest BCUT2D eigenvalue weighted by Gasteiger charge is -2.36. The Hall–Kier alpha value is -1.88. The average Bonchev–Trinajstić information content (AvgIpc) is 2.60. The van der Waals surface area contributed by atoms with Gasteiger partial charge in [0.05, 0.1) is 22.7 Å². The molecule has 1 aliphatic heterocycles. The van der Waals surface area contributed by atoms with Crippen LogP contribution >= 0.6 is 23.2 Å². The Kier molecular flexibility index (Phi) is 4.74. The first-order valence-corrected chi connectivity index (χ1v) is 9.39. The minimum absolute atomic E-state index is 0.148. The highest BCUT2D eigenvalue weighted by Gasteiger charge is 2.25. The molecule has 6 heteroatoms. The van der Waals surface area contributed by atoms with Gasteiger partial charge >= 0.3 is 0 Å². The highest BCUT2D eigenvalue weighted by Crippen LogP contribution is 2.33. The first kappa shape index (κ1) is 17.5. The van der Waals surface area contributed by atoms with Gasteiger partial charge in [0.1, 0.15) is 5.82 Å². The zero-order valence-corrected chi connectivity index (χ0v) is 16.1. The second-order valence-corrected chi connectivity index (χ2v) is 7.52. The van der Waals surface area contributed by atoms with Crippen molar-refractivity contribution in [3.8, 4) is 11.4 Å². The van der Waals surface area contributed by atoms with Crippen LogP contribution in [-0.2, 0) is 4.74 Å². The molecule has 0 bridgehead atoms. The summed E-state index contributed by atoms with van der Waals surface area (Å²) >= 11 is 12.4. The topological polar surface area (TPSA) is 38.2 Å². The lowest BCUT2D eigenvalue weighted by Crippen LogP contribution is -2.46. The lowest BCUT2D eigenvalue weighted by molar-refractivity contribution is -0.00536. The molecule has 2 unspecified atom stereocenters. The van der Waals surface area contributed by atoms with Crippen LogP contribution in [0.15, 0.2) is 42.5 Å². The summed E-state index contributed by atoms with van der Waals surface area (Å²) in [6, 6.07) is 13.4. The summed E-state index contributed by atoms with van der Waals surface area (Å²) in [5.41, 5.74) is 1.67. The summed E-state index contributed by atoms with van der Waals surface area (Å²) in [5, 5.41) is 2.17. The summed E-state index contributed by atoms with van der Waals surface area (Å²) in [4.78, 5) is 11.9. The highest BCUT2D eigenvalue weighted by atomic mass is 35.5. The fourth-order valence-electron chi connectivity index (χ4n) is 3.44. The molecule has 3 aromatic rings. The first-order valence-electron chi connectivity index (χ1n) is 8.64. The van der Waals surface area contributed by atoms with Gasteiger partial charge in [-0.2, -0.15) is 0 Å². The van der Waals surface area contributed by atoms with Crippen LogP contribution in [0.2, 0.25) is 10.0 Å². The van der Waals surface area contributed by atoms with Gasteiger partial charge in [-0.25, -0.2) is 9.97 Å². The van der Waals surface area contributed by atoms with E-state index in [4.69, 9.17) is 37.9 Å². The van der Waals surface area contributed by atoms with Gasteiger partial charge in [-0.15, -0.1) is 0 Å². The Balaban J connectivity index is 1.88. The third-order valence-electron chi connectivity index (χ3n) is 4.47. The van der Waals surface area contributed by atoms with Gasteiger partial charge in [0.15, 0.2) is 5.82 Å². The van der Waals surface area contributed by atoms with E-state index < -0.39 is 0 Å². The molecular weight excluding hydrogens is 369 g/mol. The molecule has 4 nitrogen and oxygen atoms in total. The van der Waals surface area contributed by atoms with E-state index in [9.17, 15) is 0 Å². The molecule has 0 amide bonds. The largest absolute Gasteiger partial charge is 0.372 e. The monoisotopic (exact) mass is 387 g/mol. The van der Waals surface area contributed by atoms with E-state index in [0.29, 0.717) is 15.9 Å². The number of hydrogen-bond donors (Lipinski definition) is 0. The number of aromatic nitrogens is 2. The van der Waals surface area contributed by atoms with Crippen molar-refractivity contribution < 1.29 is 4.74 Å². The van der Waals surface area contributed by atoms with Crippen molar-refractivity contribution in [1.29, 1.82) is 0 Å². The highest BCUT2D eigenvalue weighted by molar-refractivity contribution is 6.36. The number of halogens is 2. The zero-order chi connectivity index (χ0) is 18.3. The van der Waals surface area contributed by atoms with Gasteiger partial charge in [0.25, 0.3) is 0 Å². The van der Waals surface area contributed by atoms with Crippen LogP contribution in [0.1, 0.15) is 13.8 Å². The smallest absolute Gasteiger partial charge is 0.163 e. The Morgan fingerprint density at radius 1 is 1.00 bits per heavy atom. The molecule has 1 fully saturated rings. The molecular formula is C20H19Cl2N3O. The van der Waals surface area contributed by atoms with Crippen LogP contribution in [0.4, 0.5) is 5.82 Å². The summed E-state index contributed by atoms with van der Waals surface area (Å²) in [7, 11) is 0. The van der Waals surface area contributed by atoms with Crippen LogP contribution in [0.25, 0.3) is 22.3 Å². The zero-order valence-electron chi connectivity index (χ0n) is 14.6. The van der Waals surface area contributed by atoms with Crippen LogP contribution in [0.3, 0.4) is 0 Å². The molecule has 0 radical (unpaired) electrons. The molecule has 2 atom stereocenters. The van der Waals surface area contributed by atoms with Crippen molar-refractivity contribution in [3.05, 3.63) is 52.5 Å². The van der Waals surface area contributed by atoms with Crippen LogP contribution in [0, 0.1) is 0 Å². The first-order chi connectivity index (χ1) is 12.5. The number of benzene rings is 2. The van der Waals surface area contributed by atoms with Crippen molar-refractivity contribution in [3.63, 3.8) is 0 Å². The molecule has 2 aromatic carbocycles. The molecule has 26 heavy (non-hydrogen) atoms. The summed E-state index contributed by atoms with van der Waals surface area (Å²) in [5.74, 6) is 1.52. The maximum absolute atomic E-state index is 6.40. The lowest BCUT2D eigenvalue weighted by atomic mass is 10.1. The van der Waals surface area contributed by atoms with Crippen molar-refractivity contribution in [2.45, 2.75) is 26.1 Å². The minimum atomic E-state index is 0.148. The van der Waals surface area contributed by atoms with Crippen molar-refractivity contribution in [2.24, 2.45) is 0 Å². The normalized spacial score (nSPS) is 20.5. The molecule has 4 rings (SSSR count). The Morgan fingerprint density at radius 3 is 2.46 bits per heavy atom. The summed E-state index contributed by atoms with van der Waals surface area (Å²) < 4.78 is 5.88. The van der Waals surface area contributed by atoms with Crippen molar-refractivity contribution in [2.75, 3.05) is 18.0 Å². The molecule has 0 saturated carbocycles. The van der Waals surface area contributed by atoms with E-state index in [0.717, 1.165) is 35.4 Å². The predicted molar refractivity (Wildman–Crippen MR) is 107 cm³/mol. The number of nitrogens with zero attached hydrogens (tertiary/aromatic N) is 3. The maximum atomic E-state index is 6.40. The number of fused-ring (bicyclic) bond motifs is 1. The van der Waals surface area contributed by atoms with Crippen LogP contribution in [-0.4, -0.2) is 35.3 Å². The number of rotatable bonds is 2. The fraction of sp³-hybridized carbons (Fsp3) is 0.300. The second-order valence-electron chi connectivity index (χ2n) is 6.67. The SMILES string of the molecule is CC1CN(c2nc(-c3ccc(Cl)cc3Cl)nc3ccccc23)CC(C)O1. The quantitative estimate of drug-likeness (QED) is 0.604. The third kappa shape index (κ3) is 3.37. The Morgan fingerprint density at radius 2 is 1.73 bits per heavy atom. The molecule has 134 valence electrons. The Bertz CT molecular complexity index is 953. The molecule has 0 spiro atoms. The van der Waals surface area contributed by atoms with Crippen LogP contribution in [0.5, 0.6) is 0 Å². The number of para-hydroxylation sites is 1. The Labute approximate surface area is 162 Å².